The van der Waals surface area contributed by atoms with E-state index in [1.165, 1.54) is 18.6 Å². The number of nitrogens with zero attached hydrogens (tertiary/aromatic N) is 5. The van der Waals surface area contributed by atoms with E-state index in [4.69, 9.17) is 18.9 Å². The minimum atomic E-state index is -1.10. The van der Waals surface area contributed by atoms with Gasteiger partial charge in [-0.1, -0.05) is 18.2 Å². The molecule has 0 spiro atoms. The van der Waals surface area contributed by atoms with Gasteiger partial charge in [0.25, 0.3) is 0 Å². The number of fused-ring (bicyclic) bond motifs is 2. The van der Waals surface area contributed by atoms with Crippen molar-refractivity contribution in [2.45, 2.75) is 37.9 Å². The lowest BCUT2D eigenvalue weighted by molar-refractivity contribution is -0.111. The summed E-state index contributed by atoms with van der Waals surface area (Å²) in [5.41, 5.74) is 2.60. The Morgan fingerprint density at radius 3 is 2.85 bits per heavy atom. The molecule has 4 unspecified atom stereocenters. The number of aromatic carboxylic acids is 1. The van der Waals surface area contributed by atoms with Crippen LogP contribution in [0.2, 0.25) is 0 Å². The topological polar surface area (TPSA) is 172 Å². The maximum atomic E-state index is 12.2. The van der Waals surface area contributed by atoms with Gasteiger partial charge in [-0.15, -0.1) is 0 Å². The molecular formula is C27H27N7O7. The van der Waals surface area contributed by atoms with Gasteiger partial charge in [-0.2, -0.15) is 0 Å². The van der Waals surface area contributed by atoms with Crippen molar-refractivity contribution in [3.63, 3.8) is 0 Å². The highest BCUT2D eigenvalue weighted by molar-refractivity contribution is 5.96. The molecule has 6 rings (SSSR count). The van der Waals surface area contributed by atoms with Crippen molar-refractivity contribution in [1.29, 1.82) is 0 Å². The first-order valence-corrected chi connectivity index (χ1v) is 13.0. The minimum absolute atomic E-state index is 0.0506. The number of rotatable bonds is 9. The number of amides is 2. The highest BCUT2D eigenvalue weighted by Crippen LogP contribution is 2.39. The molecule has 2 aliphatic rings. The lowest BCUT2D eigenvalue weighted by atomic mass is 9.97. The van der Waals surface area contributed by atoms with Crippen LogP contribution in [0.4, 0.5) is 10.6 Å². The number of carboxylic acid groups (broad SMARTS) is 1. The Morgan fingerprint density at radius 1 is 1.12 bits per heavy atom. The maximum absolute atomic E-state index is 12.2. The van der Waals surface area contributed by atoms with Crippen LogP contribution in [-0.2, 0) is 25.6 Å². The number of aromatic nitrogens is 5. The van der Waals surface area contributed by atoms with Gasteiger partial charge >= 0.3 is 12.0 Å². The Kier molecular flexibility index (Phi) is 7.52. The Balaban J connectivity index is 1.39. The molecule has 0 radical (unpaired) electrons. The van der Waals surface area contributed by atoms with Crippen LogP contribution in [0.25, 0.3) is 16.9 Å². The number of hydrogen-bond donors (Lipinski definition) is 3. The SMILES string of the molecule is CCNC(=O)Nc1ncnc2c1ncn2-c1ccccc1C(OCc1ncccc1C(=O)O)C1OCC2OCOC21. The molecule has 0 bridgehead atoms. The third kappa shape index (κ3) is 5.20. The van der Waals surface area contributed by atoms with E-state index in [-0.39, 0.29) is 42.7 Å². The van der Waals surface area contributed by atoms with Gasteiger partial charge < -0.3 is 29.4 Å². The summed E-state index contributed by atoms with van der Waals surface area (Å²) >= 11 is 0. The van der Waals surface area contributed by atoms with E-state index in [2.05, 4.69) is 30.6 Å². The summed E-state index contributed by atoms with van der Waals surface area (Å²) < 4.78 is 25.9. The number of hydrogen-bond acceptors (Lipinski definition) is 10. The molecule has 2 fully saturated rings. The van der Waals surface area contributed by atoms with Gasteiger partial charge in [0, 0.05) is 18.3 Å². The van der Waals surface area contributed by atoms with Crippen molar-refractivity contribution in [2.24, 2.45) is 0 Å². The number of ether oxygens (including phenoxy) is 4. The minimum Gasteiger partial charge on any atom is -0.478 e. The van der Waals surface area contributed by atoms with E-state index in [1.54, 1.807) is 17.0 Å². The van der Waals surface area contributed by atoms with Gasteiger partial charge in [0.05, 0.1) is 30.2 Å². The average molecular weight is 562 g/mol. The van der Waals surface area contributed by atoms with Gasteiger partial charge in [0.1, 0.15) is 43.9 Å². The fraction of sp³-hybridized carbons (Fsp3) is 0.333. The molecule has 2 aliphatic heterocycles. The number of anilines is 1. The van der Waals surface area contributed by atoms with Crippen LogP contribution in [0.3, 0.4) is 0 Å². The Morgan fingerprint density at radius 2 is 2.00 bits per heavy atom. The number of carbonyl (C=O) groups is 2. The van der Waals surface area contributed by atoms with E-state index in [0.29, 0.717) is 30.0 Å². The first-order valence-electron chi connectivity index (χ1n) is 13.0. The van der Waals surface area contributed by atoms with E-state index < -0.39 is 24.2 Å². The number of benzene rings is 1. The number of para-hydroxylation sites is 1. The van der Waals surface area contributed by atoms with E-state index in [1.807, 2.05) is 31.2 Å². The summed E-state index contributed by atoms with van der Waals surface area (Å²) in [6.07, 6.45) is 2.57. The molecule has 14 nitrogen and oxygen atoms in total. The quantitative estimate of drug-likeness (QED) is 0.274. The zero-order valence-corrected chi connectivity index (χ0v) is 22.0. The monoisotopic (exact) mass is 561 g/mol. The standard InChI is InChI=1S/C27H27N7O7/c1-2-28-27(37)33-24-20-25(31-12-30-24)34(13-32-20)18-8-4-3-6-16(18)21(23-22-19(11-39-23)40-14-41-22)38-10-17-15(26(35)36)7-5-9-29-17/h3-9,12-13,19,21-23H,2,10-11,14H2,1H3,(H,35,36)(H2,28,30,31,33,37). The van der Waals surface area contributed by atoms with Gasteiger partial charge in [-0.3, -0.25) is 14.9 Å². The highest BCUT2D eigenvalue weighted by Gasteiger charge is 2.48. The summed E-state index contributed by atoms with van der Waals surface area (Å²) in [7, 11) is 0. The zero-order chi connectivity index (χ0) is 28.3. The van der Waals surface area contributed by atoms with Crippen molar-refractivity contribution >= 4 is 29.0 Å². The van der Waals surface area contributed by atoms with Crippen molar-refractivity contribution in [3.05, 3.63) is 72.1 Å². The molecule has 0 saturated carbocycles. The first-order chi connectivity index (χ1) is 20.0. The second kappa shape index (κ2) is 11.5. The molecule has 212 valence electrons. The van der Waals surface area contributed by atoms with Crippen molar-refractivity contribution in [2.75, 3.05) is 25.3 Å². The van der Waals surface area contributed by atoms with Crippen LogP contribution in [0, 0.1) is 0 Å². The lowest BCUT2D eigenvalue weighted by Gasteiger charge is -2.28. The fourth-order valence-corrected chi connectivity index (χ4v) is 5.06. The smallest absolute Gasteiger partial charge is 0.337 e. The summed E-state index contributed by atoms with van der Waals surface area (Å²) in [6.45, 7) is 2.66. The predicted molar refractivity (Wildman–Crippen MR) is 142 cm³/mol. The van der Waals surface area contributed by atoms with Gasteiger partial charge in [-0.05, 0) is 25.1 Å². The Labute approximate surface area is 233 Å². The molecule has 5 heterocycles. The first kappa shape index (κ1) is 26.7. The Bertz CT molecular complexity index is 1580. The van der Waals surface area contributed by atoms with Crippen LogP contribution in [-0.4, -0.2) is 79.9 Å². The largest absolute Gasteiger partial charge is 0.478 e. The third-order valence-electron chi connectivity index (χ3n) is 6.91. The number of urea groups is 1. The predicted octanol–water partition coefficient (Wildman–Crippen LogP) is 2.45. The summed E-state index contributed by atoms with van der Waals surface area (Å²) in [5.74, 6) is -0.834. The van der Waals surface area contributed by atoms with Crippen LogP contribution in [0.15, 0.2) is 55.2 Å². The molecular weight excluding hydrogens is 534 g/mol. The normalized spacial score (nSPS) is 20.6. The van der Waals surface area contributed by atoms with Crippen molar-refractivity contribution in [3.8, 4) is 5.69 Å². The summed E-state index contributed by atoms with van der Waals surface area (Å²) in [6, 6.07) is 10.2. The Hall–Kier alpha value is -4.50. The molecule has 14 heteroatoms. The molecule has 4 atom stereocenters. The molecule has 2 amide bonds. The van der Waals surface area contributed by atoms with Crippen molar-refractivity contribution < 1.29 is 33.6 Å². The number of carboxylic acids is 1. The molecule has 1 aromatic carbocycles. The third-order valence-corrected chi connectivity index (χ3v) is 6.91. The molecule has 3 N–H and O–H groups in total. The van der Waals surface area contributed by atoms with Crippen LogP contribution >= 0.6 is 0 Å². The molecule has 4 aromatic rings. The average Bonchev–Trinajstić information content (AvgIpc) is 3.71. The number of nitrogens with one attached hydrogen (secondary N) is 2. The maximum Gasteiger partial charge on any atom is 0.337 e. The summed E-state index contributed by atoms with van der Waals surface area (Å²) in [5, 5.41) is 15.0. The fourth-order valence-electron chi connectivity index (χ4n) is 5.06. The number of pyridine rings is 1. The van der Waals surface area contributed by atoms with Crippen LogP contribution in [0.5, 0.6) is 0 Å². The second-order valence-corrected chi connectivity index (χ2v) is 9.34. The molecule has 41 heavy (non-hydrogen) atoms. The zero-order valence-electron chi connectivity index (χ0n) is 22.0. The number of carbonyl (C=O) groups excluding carboxylic acids is 1. The van der Waals surface area contributed by atoms with Gasteiger partial charge in [0.2, 0.25) is 0 Å². The molecule has 2 saturated heterocycles. The van der Waals surface area contributed by atoms with E-state index in [9.17, 15) is 14.7 Å². The van der Waals surface area contributed by atoms with Gasteiger partial charge in [0.15, 0.2) is 17.0 Å². The van der Waals surface area contributed by atoms with Crippen molar-refractivity contribution in [1.82, 2.24) is 29.8 Å². The van der Waals surface area contributed by atoms with E-state index in [0.717, 1.165) is 5.56 Å². The second-order valence-electron chi connectivity index (χ2n) is 9.34. The van der Waals surface area contributed by atoms with E-state index >= 15 is 0 Å². The van der Waals surface area contributed by atoms with Gasteiger partial charge in [-0.25, -0.2) is 24.5 Å². The van der Waals surface area contributed by atoms with Crippen LogP contribution in [0.1, 0.15) is 34.6 Å². The molecule has 0 aliphatic carbocycles. The lowest BCUT2D eigenvalue weighted by Crippen LogP contribution is -2.34. The van der Waals surface area contributed by atoms with Crippen LogP contribution < -0.4 is 10.6 Å². The number of imidazole rings is 1. The summed E-state index contributed by atoms with van der Waals surface area (Å²) in [4.78, 5) is 41.3. The highest BCUT2D eigenvalue weighted by atomic mass is 16.7. The molecule has 3 aromatic heterocycles.